The molecule has 4 aromatic rings. The lowest BCUT2D eigenvalue weighted by Crippen LogP contribution is -2.44. The number of nitrogen functional groups attached to an aromatic ring is 2. The van der Waals surface area contributed by atoms with Gasteiger partial charge < -0.3 is 50.0 Å². The van der Waals surface area contributed by atoms with Crippen molar-refractivity contribution in [2.45, 2.75) is 55.6 Å². The minimum Gasteiger partial charge on any atom is -0.387 e. The van der Waals surface area contributed by atoms with Crippen molar-refractivity contribution in [1.82, 2.24) is 39.0 Å². The summed E-state index contributed by atoms with van der Waals surface area (Å²) in [6.45, 7) is -4.12. The van der Waals surface area contributed by atoms with Gasteiger partial charge in [-0.3, -0.25) is 23.4 Å². The van der Waals surface area contributed by atoms with E-state index in [9.17, 15) is 24.8 Å². The smallest absolute Gasteiger partial charge is 0.325 e. The third-order valence-electron chi connectivity index (χ3n) is 7.42. The van der Waals surface area contributed by atoms with Crippen molar-refractivity contribution in [1.29, 1.82) is 0 Å². The number of aromatic amines is 1. The normalized spacial score (nSPS) is 31.9. The first-order valence-electron chi connectivity index (χ1n) is 13.2. The number of rotatable bonds is 10. The second kappa shape index (κ2) is 12.4. The van der Waals surface area contributed by atoms with Gasteiger partial charge >= 0.3 is 6.72 Å². The van der Waals surface area contributed by atoms with E-state index in [0.29, 0.717) is 0 Å². The van der Waals surface area contributed by atoms with Gasteiger partial charge in [0.1, 0.15) is 41.9 Å². The van der Waals surface area contributed by atoms with Gasteiger partial charge in [-0.1, -0.05) is 0 Å². The molecular weight excluding hydrogens is 697 g/mol. The van der Waals surface area contributed by atoms with E-state index in [-0.39, 0.29) is 34.1 Å². The number of hydrogen-bond donors (Lipinski definition) is 7. The third kappa shape index (κ3) is 6.07. The number of halogens is 1. The van der Waals surface area contributed by atoms with Crippen LogP contribution in [0.15, 0.2) is 23.8 Å². The Morgan fingerprint density at radius 3 is 2.59 bits per heavy atom. The number of imidazole rings is 2. The maximum atomic E-state index is 15.8. The summed E-state index contributed by atoms with van der Waals surface area (Å²) in [4.78, 5) is 55.3. The van der Waals surface area contributed by atoms with Crippen LogP contribution < -0.4 is 17.0 Å². The molecule has 20 nitrogen and oxygen atoms in total. The monoisotopic (exact) mass is 724 g/mol. The number of aliphatic hydroxyl groups excluding tert-OH is 2. The van der Waals surface area contributed by atoms with Gasteiger partial charge in [-0.2, -0.15) is 4.98 Å². The summed E-state index contributed by atoms with van der Waals surface area (Å²) in [6.07, 6.45) is -7.28. The molecule has 2 saturated heterocycles. The second-order valence-corrected chi connectivity index (χ2v) is 15.2. The highest BCUT2D eigenvalue weighted by atomic mass is 32.5. The van der Waals surface area contributed by atoms with Crippen LogP contribution in [0.25, 0.3) is 22.3 Å². The highest BCUT2D eigenvalue weighted by Gasteiger charge is 2.54. The Bertz CT molecular complexity index is 1920. The number of ether oxygens (including phenoxy) is 2. The summed E-state index contributed by atoms with van der Waals surface area (Å²) in [5.41, 5.74) is 9.39. The number of aliphatic hydroxyl groups is 2. The third-order valence-corrected chi connectivity index (χ3v) is 9.73. The minimum absolute atomic E-state index is 0.0896. The molecule has 0 amide bonds. The van der Waals surface area contributed by atoms with Crippen LogP contribution in [0.3, 0.4) is 0 Å². The Hall–Kier alpha value is -2.63. The SMILES string of the molecule is C[C@]1(COP(O)(=S)O[C@@H]2[C@H](F)[C@@H](CO[PH](O)=S)O[C@H]2n2cnc3c(=O)[nH]c(N)nc32)O[C@@H](n2cnc3c(N)ncnc32)[C@H](O)[C@@H]1O. The van der Waals surface area contributed by atoms with Crippen molar-refractivity contribution in [2.75, 3.05) is 24.7 Å². The van der Waals surface area contributed by atoms with E-state index in [0.717, 1.165) is 10.9 Å². The zero-order valence-corrected chi connectivity index (χ0v) is 26.9. The van der Waals surface area contributed by atoms with Crippen molar-refractivity contribution in [3.63, 3.8) is 0 Å². The summed E-state index contributed by atoms with van der Waals surface area (Å²) in [5, 5.41) is 21.8. The highest BCUT2D eigenvalue weighted by Crippen LogP contribution is 2.52. The lowest BCUT2D eigenvalue weighted by molar-refractivity contribution is -0.114. The molecule has 0 aromatic carbocycles. The number of alkyl halides is 1. The Balaban J connectivity index is 1.23. The van der Waals surface area contributed by atoms with Crippen LogP contribution in [-0.2, 0) is 46.7 Å². The summed E-state index contributed by atoms with van der Waals surface area (Å²) in [6, 6.07) is 0. The molecule has 25 heteroatoms. The van der Waals surface area contributed by atoms with Crippen LogP contribution in [0.4, 0.5) is 16.2 Å². The lowest BCUT2D eigenvalue weighted by Gasteiger charge is -2.30. The number of fused-ring (bicyclic) bond motifs is 2. The zero-order chi connectivity index (χ0) is 33.1. The Morgan fingerprint density at radius 2 is 1.87 bits per heavy atom. The summed E-state index contributed by atoms with van der Waals surface area (Å²) in [5.74, 6) is -0.171. The summed E-state index contributed by atoms with van der Waals surface area (Å²) >= 11 is 9.85. The predicted octanol–water partition coefficient (Wildman–Crippen LogP) is -1.50. The topological polar surface area (TPSA) is 286 Å². The maximum Gasteiger partial charge on any atom is 0.325 e. The number of anilines is 2. The molecule has 2 fully saturated rings. The summed E-state index contributed by atoms with van der Waals surface area (Å²) < 4.78 is 46.2. The second-order valence-electron chi connectivity index (χ2n) is 10.5. The van der Waals surface area contributed by atoms with E-state index in [1.165, 1.54) is 24.1 Å². The van der Waals surface area contributed by atoms with Gasteiger partial charge in [0.25, 0.3) is 5.56 Å². The van der Waals surface area contributed by atoms with Gasteiger partial charge in [0.05, 0.1) is 25.9 Å². The molecule has 4 aromatic heterocycles. The largest absolute Gasteiger partial charge is 0.387 e. The Kier molecular flexibility index (Phi) is 8.99. The van der Waals surface area contributed by atoms with Gasteiger partial charge in [-0.15, -0.1) is 0 Å². The van der Waals surface area contributed by atoms with Crippen molar-refractivity contribution < 1.29 is 47.4 Å². The molecule has 6 rings (SSSR count). The molecule has 9 N–H and O–H groups in total. The van der Waals surface area contributed by atoms with Gasteiger partial charge in [-0.05, 0) is 30.5 Å². The van der Waals surface area contributed by atoms with E-state index < -0.39 is 81.3 Å². The van der Waals surface area contributed by atoms with Crippen molar-refractivity contribution >= 4 is 71.6 Å². The van der Waals surface area contributed by atoms with E-state index in [1.54, 1.807) is 0 Å². The molecule has 46 heavy (non-hydrogen) atoms. The average Bonchev–Trinajstić information content (AvgIpc) is 3.73. The molecule has 0 spiro atoms. The van der Waals surface area contributed by atoms with E-state index in [4.69, 9.17) is 46.3 Å². The fourth-order valence-electron chi connectivity index (χ4n) is 5.17. The Labute approximate surface area is 267 Å². The first-order valence-corrected chi connectivity index (χ1v) is 18.3. The predicted molar refractivity (Wildman–Crippen MR) is 163 cm³/mol. The van der Waals surface area contributed by atoms with Gasteiger partial charge in [0.2, 0.25) is 5.95 Å². The molecule has 250 valence electrons. The molecule has 0 aliphatic carbocycles. The maximum absolute atomic E-state index is 15.8. The van der Waals surface area contributed by atoms with E-state index >= 15 is 4.39 Å². The number of nitrogens with zero attached hydrogens (tertiary/aromatic N) is 7. The van der Waals surface area contributed by atoms with Gasteiger partial charge in [-0.25, -0.2) is 24.3 Å². The van der Waals surface area contributed by atoms with E-state index in [1.807, 2.05) is 0 Å². The van der Waals surface area contributed by atoms with Gasteiger partial charge in [0, 0.05) is 0 Å². The molecule has 2 unspecified atom stereocenters. The molecular formula is C21H27FN10O10P2S2. The molecule has 0 bridgehead atoms. The molecule has 2 aliphatic heterocycles. The standard InChI is InChI=1S/C21H27FN10O10P2S2/c1-21(13(34)11(33)18(41-21)31-5-27-9-14(23)25-4-26-15(9)31)3-39-44(37,46)42-12-8(22)7(2-38-43(36)45)40-19(12)32-6-28-10-16(32)29-20(24)30-17(10)35/h4-8,11-13,18-19,33-34,43H,2-3H2,1H3,(H,36,45)(H,37,46)(H2,23,25,26)(H3,24,29,30,35)/t7-,8-,11-,12-,13+,18-,19-,21-,44?/m1/s1. The first-order chi connectivity index (χ1) is 21.7. The molecule has 2 aliphatic rings. The van der Waals surface area contributed by atoms with Crippen LogP contribution in [-0.4, -0.2) is 108 Å². The van der Waals surface area contributed by atoms with Crippen LogP contribution in [0.5, 0.6) is 0 Å². The highest BCUT2D eigenvalue weighted by molar-refractivity contribution is 8.07. The quantitative estimate of drug-likeness (QED) is 0.0916. The van der Waals surface area contributed by atoms with Crippen LogP contribution in [0.1, 0.15) is 19.4 Å². The van der Waals surface area contributed by atoms with Gasteiger partial charge in [0.15, 0.2) is 48.4 Å². The number of nitrogens with two attached hydrogens (primary N) is 2. The average molecular weight is 725 g/mol. The van der Waals surface area contributed by atoms with Crippen LogP contribution in [0, 0.1) is 0 Å². The minimum atomic E-state index is -4.40. The molecule has 10 atom stereocenters. The van der Waals surface area contributed by atoms with Crippen molar-refractivity contribution in [3.8, 4) is 0 Å². The Morgan fingerprint density at radius 1 is 1.17 bits per heavy atom. The number of hydrogen-bond acceptors (Lipinski definition) is 17. The number of aromatic nitrogens is 8. The van der Waals surface area contributed by atoms with E-state index in [2.05, 4.69) is 41.7 Å². The molecule has 6 heterocycles. The van der Waals surface area contributed by atoms with Crippen LogP contribution in [0.2, 0.25) is 0 Å². The molecule has 0 radical (unpaired) electrons. The first kappa shape index (κ1) is 33.3. The molecule has 0 saturated carbocycles. The van der Waals surface area contributed by atoms with Crippen molar-refractivity contribution in [3.05, 3.63) is 29.3 Å². The fourth-order valence-corrected chi connectivity index (χ4v) is 7.15. The van der Waals surface area contributed by atoms with Crippen molar-refractivity contribution in [2.24, 2.45) is 0 Å². The fraction of sp³-hybridized carbons (Fsp3) is 0.524. The van der Waals surface area contributed by atoms with Crippen LogP contribution >= 0.6 is 13.9 Å². The zero-order valence-electron chi connectivity index (χ0n) is 23.4. The number of nitrogens with one attached hydrogen (secondary N) is 1. The lowest BCUT2D eigenvalue weighted by atomic mass is 9.99. The number of H-pyrrole nitrogens is 1. The summed E-state index contributed by atoms with van der Waals surface area (Å²) in [7, 11) is -2.64.